The standard InChI is InChI=1S/C18H24N4OS/c1-14-13-22(18-19-16-5-2-3-7-17(16)24-18)20-15(14)6-4-8-21-9-11-23-12-10-21/h2-3,5,7,20H,4,6,8-13H2,1H3. The average Bonchev–Trinajstić information content (AvgIpc) is 3.19. The lowest BCUT2D eigenvalue weighted by molar-refractivity contribution is 0.0374. The van der Waals surface area contributed by atoms with Gasteiger partial charge in [-0.2, -0.15) is 0 Å². The lowest BCUT2D eigenvalue weighted by Crippen LogP contribution is -2.37. The predicted molar refractivity (Wildman–Crippen MR) is 99.3 cm³/mol. The Morgan fingerprint density at radius 1 is 1.25 bits per heavy atom. The maximum atomic E-state index is 5.41. The Morgan fingerprint density at radius 3 is 2.92 bits per heavy atom. The quantitative estimate of drug-likeness (QED) is 0.903. The van der Waals surface area contributed by atoms with Crippen molar-refractivity contribution < 1.29 is 4.74 Å². The van der Waals surface area contributed by atoms with E-state index in [0.717, 1.165) is 56.5 Å². The fourth-order valence-electron chi connectivity index (χ4n) is 3.29. The largest absolute Gasteiger partial charge is 0.379 e. The summed E-state index contributed by atoms with van der Waals surface area (Å²) in [6.07, 6.45) is 2.29. The van der Waals surface area contributed by atoms with Crippen LogP contribution in [0.25, 0.3) is 10.2 Å². The number of ether oxygens (including phenoxy) is 1. The highest BCUT2D eigenvalue weighted by Gasteiger charge is 2.21. The first-order chi connectivity index (χ1) is 11.8. The van der Waals surface area contributed by atoms with E-state index < -0.39 is 0 Å². The topological polar surface area (TPSA) is 40.6 Å². The van der Waals surface area contributed by atoms with Gasteiger partial charge in [-0.05, 0) is 44.0 Å². The number of para-hydroxylation sites is 1. The molecule has 2 aliphatic rings. The maximum absolute atomic E-state index is 5.41. The van der Waals surface area contributed by atoms with Crippen LogP contribution in [0.2, 0.25) is 0 Å². The number of aromatic nitrogens is 1. The molecule has 0 atom stereocenters. The van der Waals surface area contributed by atoms with Crippen molar-refractivity contribution in [1.29, 1.82) is 0 Å². The molecule has 0 radical (unpaired) electrons. The minimum atomic E-state index is 0.880. The van der Waals surface area contributed by atoms with Gasteiger partial charge >= 0.3 is 0 Å². The molecule has 128 valence electrons. The van der Waals surface area contributed by atoms with Gasteiger partial charge in [-0.1, -0.05) is 23.5 Å². The predicted octanol–water partition coefficient (Wildman–Crippen LogP) is 3.01. The smallest absolute Gasteiger partial charge is 0.205 e. The first-order valence-electron chi connectivity index (χ1n) is 8.68. The zero-order chi connectivity index (χ0) is 16.4. The molecule has 0 amide bonds. The van der Waals surface area contributed by atoms with Gasteiger partial charge in [0.2, 0.25) is 5.13 Å². The number of hydrogen-bond acceptors (Lipinski definition) is 6. The summed E-state index contributed by atoms with van der Waals surface area (Å²) in [5, 5.41) is 3.24. The van der Waals surface area contributed by atoms with Crippen molar-refractivity contribution in [3.63, 3.8) is 0 Å². The highest BCUT2D eigenvalue weighted by Crippen LogP contribution is 2.30. The number of nitrogens with one attached hydrogen (secondary N) is 1. The van der Waals surface area contributed by atoms with E-state index in [0.29, 0.717) is 0 Å². The molecule has 2 aliphatic heterocycles. The SMILES string of the molecule is CC1=C(CCCN2CCOCC2)NN(c2nc3ccccc3s2)C1. The number of fused-ring (bicyclic) bond motifs is 1. The summed E-state index contributed by atoms with van der Waals surface area (Å²) in [7, 11) is 0. The van der Waals surface area contributed by atoms with Crippen molar-refractivity contribution in [2.45, 2.75) is 19.8 Å². The van der Waals surface area contributed by atoms with E-state index in [1.165, 1.54) is 22.4 Å². The van der Waals surface area contributed by atoms with Crippen LogP contribution >= 0.6 is 11.3 Å². The zero-order valence-corrected chi connectivity index (χ0v) is 14.9. The zero-order valence-electron chi connectivity index (χ0n) is 14.1. The summed E-state index contributed by atoms with van der Waals surface area (Å²) < 4.78 is 6.65. The Hall–Kier alpha value is -1.63. The summed E-state index contributed by atoms with van der Waals surface area (Å²) in [6, 6.07) is 8.33. The Kier molecular flexibility index (Phi) is 4.69. The lowest BCUT2D eigenvalue weighted by Gasteiger charge is -2.26. The van der Waals surface area contributed by atoms with Crippen molar-refractivity contribution in [3.8, 4) is 0 Å². The van der Waals surface area contributed by atoms with Crippen LogP contribution < -0.4 is 10.4 Å². The number of anilines is 1. The Morgan fingerprint density at radius 2 is 2.08 bits per heavy atom. The molecular weight excluding hydrogens is 320 g/mol. The second kappa shape index (κ2) is 7.09. The van der Waals surface area contributed by atoms with Crippen molar-refractivity contribution in [1.82, 2.24) is 15.3 Å². The van der Waals surface area contributed by atoms with Crippen LogP contribution in [0.5, 0.6) is 0 Å². The number of rotatable bonds is 5. The molecule has 6 heteroatoms. The molecular formula is C18H24N4OS. The van der Waals surface area contributed by atoms with Crippen molar-refractivity contribution in [2.24, 2.45) is 0 Å². The molecule has 0 unspecified atom stereocenters. The molecule has 0 saturated carbocycles. The monoisotopic (exact) mass is 344 g/mol. The van der Waals surface area contributed by atoms with E-state index in [1.54, 1.807) is 11.3 Å². The van der Waals surface area contributed by atoms with E-state index in [1.807, 2.05) is 6.07 Å². The van der Waals surface area contributed by atoms with Gasteiger partial charge < -0.3 is 10.2 Å². The van der Waals surface area contributed by atoms with Crippen LogP contribution in [0.15, 0.2) is 35.5 Å². The normalized spacial score (nSPS) is 19.3. The van der Waals surface area contributed by atoms with Crippen LogP contribution in [-0.4, -0.2) is 49.3 Å². The highest BCUT2D eigenvalue weighted by molar-refractivity contribution is 7.22. The van der Waals surface area contributed by atoms with Gasteiger partial charge in [0.25, 0.3) is 0 Å². The van der Waals surface area contributed by atoms with Crippen LogP contribution in [0.3, 0.4) is 0 Å². The van der Waals surface area contributed by atoms with E-state index in [9.17, 15) is 0 Å². The van der Waals surface area contributed by atoms with Crippen molar-refractivity contribution in [3.05, 3.63) is 35.5 Å². The molecule has 2 aromatic rings. The maximum Gasteiger partial charge on any atom is 0.205 e. The first kappa shape index (κ1) is 15.9. The Balaban J connectivity index is 1.33. The number of thiazole rings is 1. The minimum absolute atomic E-state index is 0.880. The molecule has 1 saturated heterocycles. The molecule has 1 aromatic carbocycles. The number of hydrogen-bond donors (Lipinski definition) is 1. The third-order valence-corrected chi connectivity index (χ3v) is 5.76. The number of nitrogens with zero attached hydrogens (tertiary/aromatic N) is 3. The summed E-state index contributed by atoms with van der Waals surface area (Å²) in [4.78, 5) is 7.25. The van der Waals surface area contributed by atoms with Gasteiger partial charge in [-0.15, -0.1) is 0 Å². The fourth-order valence-corrected chi connectivity index (χ4v) is 4.22. The van der Waals surface area contributed by atoms with Crippen LogP contribution in [-0.2, 0) is 4.74 Å². The molecule has 0 bridgehead atoms. The second-order valence-corrected chi connectivity index (χ2v) is 7.49. The molecule has 5 nitrogen and oxygen atoms in total. The van der Waals surface area contributed by atoms with Gasteiger partial charge in [-0.3, -0.25) is 9.91 Å². The lowest BCUT2D eigenvalue weighted by atomic mass is 10.1. The number of morpholine rings is 1. The van der Waals surface area contributed by atoms with E-state index in [4.69, 9.17) is 9.72 Å². The number of hydrazine groups is 1. The van der Waals surface area contributed by atoms with E-state index in [-0.39, 0.29) is 0 Å². The number of benzene rings is 1. The average molecular weight is 344 g/mol. The molecule has 0 spiro atoms. The minimum Gasteiger partial charge on any atom is -0.379 e. The summed E-state index contributed by atoms with van der Waals surface area (Å²) in [6.45, 7) is 8.21. The third-order valence-electron chi connectivity index (χ3n) is 4.70. The van der Waals surface area contributed by atoms with Gasteiger partial charge in [0.05, 0.1) is 30.0 Å². The Bertz CT molecular complexity index is 702. The fraction of sp³-hybridized carbons (Fsp3) is 0.500. The molecule has 4 rings (SSSR count). The summed E-state index contributed by atoms with van der Waals surface area (Å²) in [5.41, 5.74) is 7.45. The highest BCUT2D eigenvalue weighted by atomic mass is 32.1. The van der Waals surface area contributed by atoms with Crippen LogP contribution in [0.4, 0.5) is 5.13 Å². The first-order valence-corrected chi connectivity index (χ1v) is 9.50. The van der Waals surface area contributed by atoms with Gasteiger partial charge in [0.1, 0.15) is 0 Å². The van der Waals surface area contributed by atoms with Crippen molar-refractivity contribution >= 4 is 26.7 Å². The molecule has 0 aliphatic carbocycles. The second-order valence-electron chi connectivity index (χ2n) is 6.48. The molecule has 3 heterocycles. The van der Waals surface area contributed by atoms with Crippen LogP contribution in [0.1, 0.15) is 19.8 Å². The van der Waals surface area contributed by atoms with E-state index >= 15 is 0 Å². The van der Waals surface area contributed by atoms with Gasteiger partial charge in [-0.25, -0.2) is 4.98 Å². The van der Waals surface area contributed by atoms with Crippen LogP contribution in [0, 0.1) is 0 Å². The van der Waals surface area contributed by atoms with Gasteiger partial charge in [0, 0.05) is 18.8 Å². The van der Waals surface area contributed by atoms with Gasteiger partial charge in [0.15, 0.2) is 0 Å². The third kappa shape index (κ3) is 3.41. The number of allylic oxidation sites excluding steroid dienone is 1. The van der Waals surface area contributed by atoms with E-state index in [2.05, 4.69) is 40.5 Å². The summed E-state index contributed by atoms with van der Waals surface area (Å²) in [5.74, 6) is 0. The summed E-state index contributed by atoms with van der Waals surface area (Å²) >= 11 is 1.75. The Labute approximate surface area is 146 Å². The molecule has 24 heavy (non-hydrogen) atoms. The molecule has 1 fully saturated rings. The molecule has 1 aromatic heterocycles. The molecule has 1 N–H and O–H groups in total. The van der Waals surface area contributed by atoms with Crippen molar-refractivity contribution in [2.75, 3.05) is 44.4 Å².